The Labute approximate surface area is 147 Å². The van der Waals surface area contributed by atoms with Gasteiger partial charge < -0.3 is 5.32 Å². The standard InChI is InChI=1S/C21H23FN2O/c22-18-7-3-4-8-19(18)23-21(25)13-14-24(16-10-11-16)20-12-9-15-5-1-2-6-17(15)20/h1-8,16,20H,9-14H2,(H,23,25). The maximum atomic E-state index is 13.7. The molecule has 0 heterocycles. The van der Waals surface area contributed by atoms with Crippen LogP contribution >= 0.6 is 0 Å². The molecule has 2 aliphatic rings. The molecule has 2 aromatic rings. The summed E-state index contributed by atoms with van der Waals surface area (Å²) in [6, 6.07) is 16.0. The molecule has 0 bridgehead atoms. The van der Waals surface area contributed by atoms with Crippen molar-refractivity contribution in [3.8, 4) is 0 Å². The first-order valence-corrected chi connectivity index (χ1v) is 9.10. The van der Waals surface area contributed by atoms with Gasteiger partial charge in [-0.1, -0.05) is 36.4 Å². The number of benzene rings is 2. The van der Waals surface area contributed by atoms with Crippen LogP contribution in [0.5, 0.6) is 0 Å². The SMILES string of the molecule is O=C(CCN(C1CC1)C1CCc2ccccc21)Nc1ccccc1F. The molecule has 0 aromatic heterocycles. The van der Waals surface area contributed by atoms with E-state index in [1.54, 1.807) is 18.2 Å². The highest BCUT2D eigenvalue weighted by Gasteiger charge is 2.37. The fourth-order valence-corrected chi connectivity index (χ4v) is 3.88. The lowest BCUT2D eigenvalue weighted by atomic mass is 10.1. The van der Waals surface area contributed by atoms with Crippen LogP contribution in [0.3, 0.4) is 0 Å². The second-order valence-electron chi connectivity index (χ2n) is 7.00. The minimum atomic E-state index is -0.389. The lowest BCUT2D eigenvalue weighted by Crippen LogP contribution is -2.33. The van der Waals surface area contributed by atoms with E-state index in [-0.39, 0.29) is 17.4 Å². The highest BCUT2D eigenvalue weighted by Crippen LogP contribution is 2.41. The number of halogens is 1. The lowest BCUT2D eigenvalue weighted by Gasteiger charge is -2.29. The summed E-state index contributed by atoms with van der Waals surface area (Å²) in [4.78, 5) is 14.8. The van der Waals surface area contributed by atoms with Crippen molar-refractivity contribution in [1.29, 1.82) is 0 Å². The summed E-state index contributed by atoms with van der Waals surface area (Å²) >= 11 is 0. The van der Waals surface area contributed by atoms with Gasteiger partial charge in [0.15, 0.2) is 0 Å². The van der Waals surface area contributed by atoms with Crippen LogP contribution in [0.1, 0.15) is 42.9 Å². The largest absolute Gasteiger partial charge is 0.324 e. The van der Waals surface area contributed by atoms with Crippen LogP contribution < -0.4 is 5.32 Å². The van der Waals surface area contributed by atoms with Gasteiger partial charge in [-0.2, -0.15) is 0 Å². The molecule has 25 heavy (non-hydrogen) atoms. The van der Waals surface area contributed by atoms with Gasteiger partial charge in [-0.3, -0.25) is 9.69 Å². The highest BCUT2D eigenvalue weighted by atomic mass is 19.1. The number of aryl methyl sites for hydroxylation is 1. The van der Waals surface area contributed by atoms with Crippen LogP contribution in [0, 0.1) is 5.82 Å². The quantitative estimate of drug-likeness (QED) is 0.851. The second kappa shape index (κ2) is 6.96. The smallest absolute Gasteiger partial charge is 0.225 e. The van der Waals surface area contributed by atoms with E-state index in [4.69, 9.17) is 0 Å². The maximum absolute atomic E-state index is 13.7. The van der Waals surface area contributed by atoms with Crippen molar-refractivity contribution in [2.75, 3.05) is 11.9 Å². The van der Waals surface area contributed by atoms with Crippen molar-refractivity contribution in [2.24, 2.45) is 0 Å². The number of amides is 1. The van der Waals surface area contributed by atoms with E-state index in [2.05, 4.69) is 34.5 Å². The van der Waals surface area contributed by atoms with Gasteiger partial charge in [0.2, 0.25) is 5.91 Å². The molecule has 1 atom stereocenters. The van der Waals surface area contributed by atoms with Gasteiger partial charge in [-0.15, -0.1) is 0 Å². The predicted octanol–water partition coefficient (Wildman–Crippen LogP) is 4.31. The first-order valence-electron chi connectivity index (χ1n) is 9.10. The number of carbonyl (C=O) groups excluding carboxylic acids is 1. The molecule has 0 saturated heterocycles. The molecule has 4 heteroatoms. The van der Waals surface area contributed by atoms with Gasteiger partial charge in [0, 0.05) is 25.0 Å². The van der Waals surface area contributed by atoms with E-state index in [1.807, 2.05) is 0 Å². The van der Waals surface area contributed by atoms with Crippen LogP contribution in [0.15, 0.2) is 48.5 Å². The zero-order valence-electron chi connectivity index (χ0n) is 14.2. The molecule has 4 rings (SSSR count). The van der Waals surface area contributed by atoms with Crippen LogP contribution in [-0.4, -0.2) is 23.4 Å². The number of hydrogen-bond donors (Lipinski definition) is 1. The molecule has 1 amide bonds. The molecule has 0 aliphatic heterocycles. The van der Waals surface area contributed by atoms with E-state index < -0.39 is 0 Å². The monoisotopic (exact) mass is 338 g/mol. The summed E-state index contributed by atoms with van der Waals surface area (Å²) in [5.74, 6) is -0.512. The number of para-hydroxylation sites is 1. The van der Waals surface area contributed by atoms with Crippen LogP contribution in [-0.2, 0) is 11.2 Å². The second-order valence-corrected chi connectivity index (χ2v) is 7.00. The number of carbonyl (C=O) groups is 1. The maximum Gasteiger partial charge on any atom is 0.225 e. The van der Waals surface area contributed by atoms with Crippen LogP contribution in [0.2, 0.25) is 0 Å². The van der Waals surface area contributed by atoms with Gasteiger partial charge in [0.05, 0.1) is 5.69 Å². The Bertz CT molecular complexity index is 772. The van der Waals surface area contributed by atoms with E-state index >= 15 is 0 Å². The fourth-order valence-electron chi connectivity index (χ4n) is 3.88. The number of nitrogens with zero attached hydrogens (tertiary/aromatic N) is 1. The molecule has 2 aliphatic carbocycles. The first kappa shape index (κ1) is 16.3. The highest BCUT2D eigenvalue weighted by molar-refractivity contribution is 5.90. The summed E-state index contributed by atoms with van der Waals surface area (Å²) in [6.07, 6.45) is 5.07. The number of rotatable bonds is 6. The van der Waals surface area contributed by atoms with E-state index in [1.165, 1.54) is 30.0 Å². The van der Waals surface area contributed by atoms with Crippen LogP contribution in [0.25, 0.3) is 0 Å². The molecule has 1 unspecified atom stereocenters. The van der Waals surface area contributed by atoms with Crippen molar-refractivity contribution in [1.82, 2.24) is 4.90 Å². The Morgan fingerprint density at radius 3 is 2.64 bits per heavy atom. The number of hydrogen-bond acceptors (Lipinski definition) is 2. The number of anilines is 1. The van der Waals surface area contributed by atoms with Gasteiger partial charge >= 0.3 is 0 Å². The Morgan fingerprint density at radius 2 is 1.84 bits per heavy atom. The average molecular weight is 338 g/mol. The van der Waals surface area contributed by atoms with Gasteiger partial charge in [0.25, 0.3) is 0 Å². The van der Waals surface area contributed by atoms with Gasteiger partial charge in [-0.25, -0.2) is 4.39 Å². The van der Waals surface area contributed by atoms with E-state index in [0.29, 0.717) is 18.5 Å². The minimum Gasteiger partial charge on any atom is -0.324 e. The third-order valence-electron chi connectivity index (χ3n) is 5.26. The molecule has 2 aromatic carbocycles. The Kier molecular flexibility index (Phi) is 4.53. The molecule has 1 fully saturated rings. The summed E-state index contributed by atoms with van der Waals surface area (Å²) in [5, 5.41) is 2.69. The Morgan fingerprint density at radius 1 is 1.08 bits per heavy atom. The molecular weight excluding hydrogens is 315 g/mol. The van der Waals surface area contributed by atoms with Crippen molar-refractivity contribution < 1.29 is 9.18 Å². The van der Waals surface area contributed by atoms with Gasteiger partial charge in [0.1, 0.15) is 5.82 Å². The summed E-state index contributed by atoms with van der Waals surface area (Å²) in [6.45, 7) is 0.726. The summed E-state index contributed by atoms with van der Waals surface area (Å²) in [5.41, 5.74) is 3.12. The molecule has 1 saturated carbocycles. The lowest BCUT2D eigenvalue weighted by molar-refractivity contribution is -0.116. The first-order chi connectivity index (χ1) is 12.2. The van der Waals surface area contributed by atoms with Gasteiger partial charge in [-0.05, 0) is 48.9 Å². The normalized spacial score (nSPS) is 19.0. The predicted molar refractivity (Wildman–Crippen MR) is 96.9 cm³/mol. The summed E-state index contributed by atoms with van der Waals surface area (Å²) in [7, 11) is 0. The minimum absolute atomic E-state index is 0.123. The summed E-state index contributed by atoms with van der Waals surface area (Å²) < 4.78 is 13.7. The molecule has 3 nitrogen and oxygen atoms in total. The molecule has 1 N–H and O–H groups in total. The number of fused-ring (bicyclic) bond motifs is 1. The van der Waals surface area contributed by atoms with E-state index in [0.717, 1.165) is 19.4 Å². The fraction of sp³-hybridized carbons (Fsp3) is 0.381. The molecule has 0 spiro atoms. The van der Waals surface area contributed by atoms with Crippen molar-refractivity contribution in [3.63, 3.8) is 0 Å². The van der Waals surface area contributed by atoms with Crippen molar-refractivity contribution in [2.45, 2.75) is 44.2 Å². The molecule has 0 radical (unpaired) electrons. The van der Waals surface area contributed by atoms with Crippen molar-refractivity contribution >= 4 is 11.6 Å². The number of nitrogens with one attached hydrogen (secondary N) is 1. The van der Waals surface area contributed by atoms with E-state index in [9.17, 15) is 9.18 Å². The Balaban J connectivity index is 1.40. The Hall–Kier alpha value is -2.20. The third-order valence-corrected chi connectivity index (χ3v) is 5.26. The topological polar surface area (TPSA) is 32.3 Å². The zero-order valence-corrected chi connectivity index (χ0v) is 14.2. The third kappa shape index (κ3) is 3.59. The van der Waals surface area contributed by atoms with Crippen LogP contribution in [0.4, 0.5) is 10.1 Å². The van der Waals surface area contributed by atoms with Crippen molar-refractivity contribution in [3.05, 3.63) is 65.5 Å². The average Bonchev–Trinajstić information content (AvgIpc) is 3.37. The molecule has 130 valence electrons. The molecular formula is C21H23FN2O. The zero-order chi connectivity index (χ0) is 17.2.